The molecule has 0 fully saturated rings. The maximum atomic E-state index is 14.2. The summed E-state index contributed by atoms with van der Waals surface area (Å²) >= 11 is 0. The first-order chi connectivity index (χ1) is 9.99. The normalized spacial score (nSPS) is 10.7. The Morgan fingerprint density at radius 1 is 1.29 bits per heavy atom. The van der Waals surface area contributed by atoms with Gasteiger partial charge in [-0.2, -0.15) is 0 Å². The van der Waals surface area contributed by atoms with Crippen molar-refractivity contribution < 1.29 is 13.6 Å². The average Bonchev–Trinajstić information content (AvgIpc) is 2.41. The summed E-state index contributed by atoms with van der Waals surface area (Å²) < 4.78 is 28.4. The lowest BCUT2D eigenvalue weighted by atomic mass is 10.1. The highest BCUT2D eigenvalue weighted by molar-refractivity contribution is 5.79. The SMILES string of the molecule is CCCCN(CC(N)=O)c1c(F)cc(CNCC)cc1F. The minimum atomic E-state index is -0.666. The number of hydrogen-bond donors (Lipinski definition) is 2. The highest BCUT2D eigenvalue weighted by Gasteiger charge is 2.19. The van der Waals surface area contributed by atoms with Crippen LogP contribution < -0.4 is 16.0 Å². The molecule has 0 atom stereocenters. The summed E-state index contributed by atoms with van der Waals surface area (Å²) in [5.74, 6) is -1.94. The Hall–Kier alpha value is -1.69. The molecule has 0 spiro atoms. The van der Waals surface area contributed by atoms with Gasteiger partial charge in [-0.1, -0.05) is 20.3 Å². The largest absolute Gasteiger partial charge is 0.368 e. The van der Waals surface area contributed by atoms with Gasteiger partial charge in [0.15, 0.2) is 0 Å². The first-order valence-electron chi connectivity index (χ1n) is 7.21. The molecule has 0 aliphatic heterocycles. The number of halogens is 2. The summed E-state index contributed by atoms with van der Waals surface area (Å²) in [6.07, 6.45) is 1.59. The Balaban J connectivity index is 3.03. The number of nitrogens with one attached hydrogen (secondary N) is 1. The highest BCUT2D eigenvalue weighted by atomic mass is 19.1. The van der Waals surface area contributed by atoms with Crippen molar-refractivity contribution in [3.05, 3.63) is 29.3 Å². The Morgan fingerprint density at radius 3 is 2.38 bits per heavy atom. The summed E-state index contributed by atoms with van der Waals surface area (Å²) in [5.41, 5.74) is 5.52. The van der Waals surface area contributed by atoms with E-state index in [2.05, 4.69) is 5.32 Å². The number of amides is 1. The number of unbranched alkanes of at least 4 members (excludes halogenated alkanes) is 1. The average molecular weight is 299 g/mol. The lowest BCUT2D eigenvalue weighted by Crippen LogP contribution is -2.35. The van der Waals surface area contributed by atoms with Crippen LogP contribution in [-0.2, 0) is 11.3 Å². The quantitative estimate of drug-likeness (QED) is 0.734. The van der Waals surface area contributed by atoms with Crippen LogP contribution in [0.2, 0.25) is 0 Å². The molecule has 0 saturated heterocycles. The molecule has 0 heterocycles. The lowest BCUT2D eigenvalue weighted by Gasteiger charge is -2.24. The fourth-order valence-corrected chi connectivity index (χ4v) is 2.10. The van der Waals surface area contributed by atoms with Crippen LogP contribution in [0.3, 0.4) is 0 Å². The topological polar surface area (TPSA) is 58.4 Å². The number of anilines is 1. The molecule has 0 radical (unpaired) electrons. The molecule has 21 heavy (non-hydrogen) atoms. The van der Waals surface area contributed by atoms with Crippen LogP contribution in [-0.4, -0.2) is 25.5 Å². The first kappa shape index (κ1) is 17.4. The molecule has 1 aromatic rings. The predicted molar refractivity (Wildman–Crippen MR) is 80.1 cm³/mol. The van der Waals surface area contributed by atoms with Crippen molar-refractivity contribution in [3.63, 3.8) is 0 Å². The van der Waals surface area contributed by atoms with Gasteiger partial charge in [0.2, 0.25) is 5.91 Å². The van der Waals surface area contributed by atoms with Crippen molar-refractivity contribution in [2.75, 3.05) is 24.5 Å². The van der Waals surface area contributed by atoms with Gasteiger partial charge in [0.05, 0.1) is 6.54 Å². The van der Waals surface area contributed by atoms with Crippen molar-refractivity contribution in [1.29, 1.82) is 0 Å². The van der Waals surface area contributed by atoms with E-state index in [1.165, 1.54) is 17.0 Å². The zero-order chi connectivity index (χ0) is 15.8. The third-order valence-corrected chi connectivity index (χ3v) is 3.10. The van der Waals surface area contributed by atoms with Crippen LogP contribution in [0, 0.1) is 11.6 Å². The first-order valence-corrected chi connectivity index (χ1v) is 7.21. The van der Waals surface area contributed by atoms with E-state index in [0.717, 1.165) is 19.4 Å². The summed E-state index contributed by atoms with van der Waals surface area (Å²) in [6, 6.07) is 2.59. The number of nitrogens with two attached hydrogens (primary N) is 1. The van der Waals surface area contributed by atoms with Crippen LogP contribution in [0.4, 0.5) is 14.5 Å². The number of carbonyl (C=O) groups is 1. The third kappa shape index (κ3) is 5.30. The molecule has 118 valence electrons. The van der Waals surface area contributed by atoms with Gasteiger partial charge in [-0.15, -0.1) is 0 Å². The molecule has 3 N–H and O–H groups in total. The van der Waals surface area contributed by atoms with E-state index in [0.29, 0.717) is 18.7 Å². The second-order valence-electron chi connectivity index (χ2n) is 4.93. The number of nitrogens with zero attached hydrogens (tertiary/aromatic N) is 1. The van der Waals surface area contributed by atoms with E-state index in [4.69, 9.17) is 5.73 Å². The minimum Gasteiger partial charge on any atom is -0.368 e. The third-order valence-electron chi connectivity index (χ3n) is 3.10. The van der Waals surface area contributed by atoms with Crippen molar-refractivity contribution >= 4 is 11.6 Å². The van der Waals surface area contributed by atoms with Gasteiger partial charge in [0.25, 0.3) is 0 Å². The highest BCUT2D eigenvalue weighted by Crippen LogP contribution is 2.25. The predicted octanol–water partition coefficient (Wildman–Crippen LogP) is 2.17. The Morgan fingerprint density at radius 2 is 1.90 bits per heavy atom. The molecular formula is C15H23F2N3O. The van der Waals surface area contributed by atoms with Crippen molar-refractivity contribution in [3.8, 4) is 0 Å². The summed E-state index contributed by atoms with van der Waals surface area (Å²) in [5, 5.41) is 3.01. The number of hydrogen-bond acceptors (Lipinski definition) is 3. The molecule has 0 unspecified atom stereocenters. The molecule has 0 aliphatic rings. The lowest BCUT2D eigenvalue weighted by molar-refractivity contribution is -0.116. The van der Waals surface area contributed by atoms with Gasteiger partial charge in [-0.25, -0.2) is 8.78 Å². The molecule has 0 aromatic heterocycles. The molecule has 0 saturated carbocycles. The Labute approximate surface area is 124 Å². The molecule has 1 rings (SSSR count). The summed E-state index contributed by atoms with van der Waals surface area (Å²) in [6.45, 7) is 5.19. The van der Waals surface area contributed by atoms with E-state index >= 15 is 0 Å². The van der Waals surface area contributed by atoms with Crippen LogP contribution in [0.5, 0.6) is 0 Å². The number of carbonyl (C=O) groups excluding carboxylic acids is 1. The number of rotatable bonds is 9. The summed E-state index contributed by atoms with van der Waals surface area (Å²) in [7, 11) is 0. The van der Waals surface area contributed by atoms with Crippen LogP contribution in [0.15, 0.2) is 12.1 Å². The van der Waals surface area contributed by atoms with Crippen molar-refractivity contribution in [2.24, 2.45) is 5.73 Å². The van der Waals surface area contributed by atoms with E-state index in [1.807, 2.05) is 13.8 Å². The van der Waals surface area contributed by atoms with E-state index in [1.54, 1.807) is 0 Å². The zero-order valence-corrected chi connectivity index (χ0v) is 12.6. The van der Waals surface area contributed by atoms with Gasteiger partial charge in [0, 0.05) is 13.1 Å². The molecular weight excluding hydrogens is 276 g/mol. The standard InChI is InChI=1S/C15H23F2N3O/c1-3-5-6-20(10-14(18)21)15-12(16)7-11(8-13(15)17)9-19-4-2/h7-8,19H,3-6,9-10H2,1-2H3,(H2,18,21). The summed E-state index contributed by atoms with van der Waals surface area (Å²) in [4.78, 5) is 12.5. The van der Waals surface area contributed by atoms with E-state index < -0.39 is 17.5 Å². The second-order valence-corrected chi connectivity index (χ2v) is 4.93. The monoisotopic (exact) mass is 299 g/mol. The smallest absolute Gasteiger partial charge is 0.236 e. The Kier molecular flexibility index (Phi) is 7.08. The minimum absolute atomic E-state index is 0.178. The van der Waals surface area contributed by atoms with Gasteiger partial charge >= 0.3 is 0 Å². The zero-order valence-electron chi connectivity index (χ0n) is 12.6. The molecule has 6 heteroatoms. The molecule has 1 aromatic carbocycles. The molecule has 4 nitrogen and oxygen atoms in total. The van der Waals surface area contributed by atoms with Crippen molar-refractivity contribution in [2.45, 2.75) is 33.2 Å². The fraction of sp³-hybridized carbons (Fsp3) is 0.533. The van der Waals surface area contributed by atoms with E-state index in [-0.39, 0.29) is 12.2 Å². The van der Waals surface area contributed by atoms with Crippen LogP contribution in [0.1, 0.15) is 32.3 Å². The second kappa shape index (κ2) is 8.56. The maximum absolute atomic E-state index is 14.2. The van der Waals surface area contributed by atoms with Gasteiger partial charge in [0.1, 0.15) is 17.3 Å². The van der Waals surface area contributed by atoms with Gasteiger partial charge in [-0.3, -0.25) is 4.79 Å². The van der Waals surface area contributed by atoms with E-state index in [9.17, 15) is 13.6 Å². The number of benzene rings is 1. The molecule has 1 amide bonds. The van der Waals surface area contributed by atoms with Gasteiger partial charge in [-0.05, 0) is 30.7 Å². The maximum Gasteiger partial charge on any atom is 0.236 e. The Bertz CT molecular complexity index is 457. The van der Waals surface area contributed by atoms with Gasteiger partial charge < -0.3 is 16.0 Å². The molecule has 0 bridgehead atoms. The van der Waals surface area contributed by atoms with Crippen molar-refractivity contribution in [1.82, 2.24) is 5.32 Å². The van der Waals surface area contributed by atoms with Crippen LogP contribution >= 0.6 is 0 Å². The number of primary amides is 1. The van der Waals surface area contributed by atoms with Crippen LogP contribution in [0.25, 0.3) is 0 Å². The molecule has 0 aliphatic carbocycles. The fourth-order valence-electron chi connectivity index (χ4n) is 2.10.